The Labute approximate surface area is 202 Å². The zero-order valence-corrected chi connectivity index (χ0v) is 18.2. The molecule has 3 nitrogen and oxygen atoms in total. The second-order valence-electron chi connectivity index (χ2n) is 8.55. The van der Waals surface area contributed by atoms with E-state index in [1.54, 1.807) is 0 Å². The lowest BCUT2D eigenvalue weighted by atomic mass is 9.34. The fourth-order valence-electron chi connectivity index (χ4n) is 5.05. The topological polar surface area (TPSA) is 31.4 Å². The van der Waals surface area contributed by atoms with Gasteiger partial charge in [0.05, 0.1) is 5.69 Å². The quantitative estimate of drug-likeness (QED) is 0.335. The van der Waals surface area contributed by atoms with Crippen molar-refractivity contribution in [2.24, 2.45) is 0 Å². The Morgan fingerprint density at radius 2 is 1.41 bits per heavy atom. The normalized spacial score (nSPS) is 14.4. The number of nitrogens with zero attached hydrogens (tertiary/aromatic N) is 1. The van der Waals surface area contributed by atoms with E-state index < -0.39 is 6.85 Å². The molecule has 0 amide bonds. The van der Waals surface area contributed by atoms with Gasteiger partial charge in [-0.15, -0.1) is 0 Å². The Hall–Kier alpha value is -4.31. The molecular weight excluding hydrogens is 417 g/mol. The number of hydrogen-bond acceptors (Lipinski definition) is 3. The van der Waals surface area contributed by atoms with E-state index >= 15 is 0 Å². The van der Waals surface area contributed by atoms with Crippen LogP contribution in [0, 0.1) is 6.85 Å². The third-order valence-electron chi connectivity index (χ3n) is 6.60. The zero-order chi connectivity index (χ0) is 25.1. The molecule has 0 bridgehead atoms. The molecule has 0 saturated carbocycles. The van der Waals surface area contributed by atoms with Gasteiger partial charge in [0.2, 0.25) is 0 Å². The summed E-state index contributed by atoms with van der Waals surface area (Å²) in [6, 6.07) is 31.5. The molecule has 34 heavy (non-hydrogen) atoms. The number of hydrogen-bond donors (Lipinski definition) is 0. The minimum Gasteiger partial charge on any atom is -0.458 e. The van der Waals surface area contributed by atoms with Crippen LogP contribution >= 0.6 is 0 Å². The van der Waals surface area contributed by atoms with E-state index in [0.29, 0.717) is 17.0 Å². The van der Waals surface area contributed by atoms with Gasteiger partial charge in [-0.1, -0.05) is 66.7 Å². The Morgan fingerprint density at radius 3 is 2.18 bits per heavy atom. The Balaban J connectivity index is 1.47. The fourth-order valence-corrected chi connectivity index (χ4v) is 5.05. The lowest BCUT2D eigenvalue weighted by molar-refractivity contribution is 0.465. The molecule has 0 fully saturated rings. The molecule has 0 atom stereocenters. The summed E-state index contributed by atoms with van der Waals surface area (Å²) in [6.45, 7) is -2.34. The van der Waals surface area contributed by atoms with Crippen LogP contribution in [0.15, 0.2) is 103 Å². The number of fused-ring (bicyclic) bond motifs is 4. The Kier molecular flexibility index (Phi) is 3.53. The molecule has 0 N–H and O–H groups in total. The molecule has 4 aromatic carbocycles. The standard InChI is InChI=1S/C30H20BNO2/c1-19-18-32-25(17-22(19)20-9-3-2-4-10-20)21-15-16-28-29-30(21)34-27-14-8-6-12-24(27)31(29)23-11-5-7-13-26(23)33-28/h2-18H,1H3/i1D3. The molecule has 2 aliphatic heterocycles. The van der Waals surface area contributed by atoms with E-state index in [-0.39, 0.29) is 12.3 Å². The SMILES string of the molecule is [2H]C([2H])([2H])c1cnc(-c2ccc3c4c2Oc2ccccc2B4c2ccccc2O3)cc1-c1ccccc1. The van der Waals surface area contributed by atoms with Crippen LogP contribution in [0.25, 0.3) is 22.4 Å². The van der Waals surface area contributed by atoms with Crippen LogP contribution in [0.5, 0.6) is 23.0 Å². The number of pyridine rings is 1. The summed E-state index contributed by atoms with van der Waals surface area (Å²) in [7, 11) is 0. The van der Waals surface area contributed by atoms with Gasteiger partial charge >= 0.3 is 0 Å². The van der Waals surface area contributed by atoms with Crippen molar-refractivity contribution in [3.8, 4) is 45.4 Å². The predicted molar refractivity (Wildman–Crippen MR) is 138 cm³/mol. The second kappa shape index (κ2) is 7.36. The molecular formula is C30H20BNO2. The average Bonchev–Trinajstić information content (AvgIpc) is 2.92. The highest BCUT2D eigenvalue weighted by Crippen LogP contribution is 2.40. The van der Waals surface area contributed by atoms with Gasteiger partial charge in [-0.25, -0.2) is 0 Å². The number of benzene rings is 4. The number of aryl methyl sites for hydroxylation is 1. The molecule has 160 valence electrons. The summed E-state index contributed by atoms with van der Waals surface area (Å²) in [5.41, 5.74) is 6.22. The maximum Gasteiger partial charge on any atom is 0.260 e. The first-order valence-corrected chi connectivity index (χ1v) is 11.3. The number of rotatable bonds is 2. The first kappa shape index (κ1) is 16.3. The first-order chi connectivity index (χ1) is 18.0. The summed E-state index contributed by atoms with van der Waals surface area (Å²) in [5.74, 6) is 3.06. The molecule has 7 rings (SSSR count). The van der Waals surface area contributed by atoms with Gasteiger partial charge in [-0.05, 0) is 64.8 Å². The lowest BCUT2D eigenvalue weighted by Crippen LogP contribution is -2.57. The van der Waals surface area contributed by atoms with Crippen LogP contribution < -0.4 is 25.9 Å². The monoisotopic (exact) mass is 440 g/mol. The Morgan fingerprint density at radius 1 is 0.706 bits per heavy atom. The highest BCUT2D eigenvalue weighted by molar-refractivity contribution is 6.98. The summed E-state index contributed by atoms with van der Waals surface area (Å²) < 4.78 is 37.1. The van der Waals surface area contributed by atoms with Crippen molar-refractivity contribution in [1.82, 2.24) is 4.98 Å². The average molecular weight is 440 g/mol. The van der Waals surface area contributed by atoms with E-state index in [2.05, 4.69) is 17.1 Å². The van der Waals surface area contributed by atoms with E-state index in [9.17, 15) is 0 Å². The molecule has 1 aromatic heterocycles. The zero-order valence-electron chi connectivity index (χ0n) is 21.2. The Bertz CT molecular complexity index is 1670. The van der Waals surface area contributed by atoms with Crippen molar-refractivity contribution in [1.29, 1.82) is 0 Å². The van der Waals surface area contributed by atoms with Gasteiger partial charge in [0.25, 0.3) is 6.71 Å². The highest BCUT2D eigenvalue weighted by atomic mass is 16.5. The number of aromatic nitrogens is 1. The second-order valence-corrected chi connectivity index (χ2v) is 8.55. The smallest absolute Gasteiger partial charge is 0.260 e. The van der Waals surface area contributed by atoms with Gasteiger partial charge in [-0.3, -0.25) is 4.98 Å². The maximum atomic E-state index is 8.08. The van der Waals surface area contributed by atoms with Crippen LogP contribution in [-0.4, -0.2) is 11.7 Å². The van der Waals surface area contributed by atoms with Crippen LogP contribution in [0.2, 0.25) is 0 Å². The van der Waals surface area contributed by atoms with Crippen LogP contribution in [0.4, 0.5) is 0 Å². The van der Waals surface area contributed by atoms with Crippen LogP contribution in [-0.2, 0) is 0 Å². The molecule has 0 saturated heterocycles. The maximum absolute atomic E-state index is 8.08. The van der Waals surface area contributed by atoms with Crippen molar-refractivity contribution in [3.63, 3.8) is 0 Å². The molecule has 0 aliphatic carbocycles. The molecule has 0 radical (unpaired) electrons. The van der Waals surface area contributed by atoms with Gasteiger partial charge in [0, 0.05) is 21.3 Å². The molecule has 5 aromatic rings. The van der Waals surface area contributed by atoms with Crippen molar-refractivity contribution in [3.05, 3.63) is 109 Å². The minimum atomic E-state index is -2.29. The van der Waals surface area contributed by atoms with E-state index in [4.69, 9.17) is 13.6 Å². The van der Waals surface area contributed by atoms with Crippen molar-refractivity contribution in [2.45, 2.75) is 6.85 Å². The molecule has 2 aliphatic rings. The van der Waals surface area contributed by atoms with E-state index in [1.807, 2.05) is 84.9 Å². The predicted octanol–water partition coefficient (Wildman–Crippen LogP) is 5.45. The van der Waals surface area contributed by atoms with Crippen molar-refractivity contribution in [2.75, 3.05) is 0 Å². The van der Waals surface area contributed by atoms with E-state index in [0.717, 1.165) is 44.8 Å². The van der Waals surface area contributed by atoms with Crippen molar-refractivity contribution >= 4 is 23.1 Å². The molecule has 0 spiro atoms. The lowest BCUT2D eigenvalue weighted by Gasteiger charge is -2.33. The van der Waals surface area contributed by atoms with Gasteiger partial charge in [0.1, 0.15) is 23.0 Å². The summed E-state index contributed by atoms with van der Waals surface area (Å²) in [5, 5.41) is 0. The summed E-state index contributed by atoms with van der Waals surface area (Å²) >= 11 is 0. The van der Waals surface area contributed by atoms with Gasteiger partial charge in [0.15, 0.2) is 0 Å². The van der Waals surface area contributed by atoms with Crippen molar-refractivity contribution < 1.29 is 13.6 Å². The fraction of sp³-hybridized carbons (Fsp3) is 0.0333. The first-order valence-electron chi connectivity index (χ1n) is 12.8. The third-order valence-corrected chi connectivity index (χ3v) is 6.60. The molecule has 0 unspecified atom stereocenters. The molecule has 3 heterocycles. The highest BCUT2D eigenvalue weighted by Gasteiger charge is 2.41. The summed E-state index contributed by atoms with van der Waals surface area (Å²) in [6.07, 6.45) is 1.47. The largest absolute Gasteiger partial charge is 0.458 e. The van der Waals surface area contributed by atoms with Gasteiger partial charge in [-0.2, -0.15) is 0 Å². The number of ether oxygens (including phenoxy) is 2. The third kappa shape index (κ3) is 2.82. The minimum absolute atomic E-state index is 0.0462. The van der Waals surface area contributed by atoms with Gasteiger partial charge < -0.3 is 9.47 Å². The van der Waals surface area contributed by atoms with E-state index in [1.165, 1.54) is 6.20 Å². The summed E-state index contributed by atoms with van der Waals surface area (Å²) in [4.78, 5) is 4.63. The van der Waals surface area contributed by atoms with Crippen LogP contribution in [0.1, 0.15) is 9.68 Å². The molecule has 4 heteroatoms. The van der Waals surface area contributed by atoms with Crippen LogP contribution in [0.3, 0.4) is 0 Å². The number of para-hydroxylation sites is 2.